The summed E-state index contributed by atoms with van der Waals surface area (Å²) < 4.78 is 25.1. The molecule has 0 spiro atoms. The van der Waals surface area contributed by atoms with Crippen LogP contribution in [0.3, 0.4) is 0 Å². The van der Waals surface area contributed by atoms with E-state index in [0.717, 1.165) is 6.07 Å². The van der Waals surface area contributed by atoms with Crippen LogP contribution in [0.15, 0.2) is 12.1 Å². The molecule has 0 fully saturated rings. The van der Waals surface area contributed by atoms with Crippen molar-refractivity contribution in [2.45, 2.75) is 12.3 Å². The van der Waals surface area contributed by atoms with Gasteiger partial charge in [-0.1, -0.05) is 0 Å². The standard InChI is InChI=1S/C8H6ClF2NO/c1-5-2-6(4-13)12-7(3-5)8(9,10)11/h2-4H,1H3. The molecular weight excluding hydrogens is 200 g/mol. The van der Waals surface area contributed by atoms with Gasteiger partial charge in [0.15, 0.2) is 6.29 Å². The third-order valence-electron chi connectivity index (χ3n) is 1.40. The fourth-order valence-corrected chi connectivity index (χ4v) is 0.997. The first-order valence-corrected chi connectivity index (χ1v) is 3.82. The fraction of sp³-hybridized carbons (Fsp3) is 0.250. The average molecular weight is 206 g/mol. The van der Waals surface area contributed by atoms with E-state index in [1.165, 1.54) is 6.07 Å². The molecule has 0 aliphatic heterocycles. The van der Waals surface area contributed by atoms with Crippen LogP contribution in [0.2, 0.25) is 0 Å². The van der Waals surface area contributed by atoms with Gasteiger partial charge in [0.25, 0.3) is 0 Å². The van der Waals surface area contributed by atoms with Crippen molar-refractivity contribution >= 4 is 17.9 Å². The smallest absolute Gasteiger partial charge is 0.296 e. The van der Waals surface area contributed by atoms with Gasteiger partial charge in [0.05, 0.1) is 0 Å². The topological polar surface area (TPSA) is 30.0 Å². The summed E-state index contributed by atoms with van der Waals surface area (Å²) in [4.78, 5) is 13.7. The summed E-state index contributed by atoms with van der Waals surface area (Å²) in [6.07, 6.45) is 0.402. The van der Waals surface area contributed by atoms with Gasteiger partial charge in [0.2, 0.25) is 0 Å². The third kappa shape index (κ3) is 2.45. The van der Waals surface area contributed by atoms with E-state index in [1.54, 1.807) is 6.92 Å². The predicted octanol–water partition coefficient (Wildman–Crippen LogP) is 2.49. The highest BCUT2D eigenvalue weighted by Crippen LogP contribution is 2.31. The molecule has 0 aromatic carbocycles. The van der Waals surface area contributed by atoms with Crippen LogP contribution in [0.4, 0.5) is 8.78 Å². The number of hydrogen-bond donors (Lipinski definition) is 0. The Bertz CT molecular complexity index is 335. The zero-order valence-electron chi connectivity index (χ0n) is 6.72. The van der Waals surface area contributed by atoms with Crippen molar-refractivity contribution in [2.75, 3.05) is 0 Å². The fourth-order valence-electron chi connectivity index (χ4n) is 0.900. The van der Waals surface area contributed by atoms with Crippen molar-refractivity contribution in [1.29, 1.82) is 0 Å². The minimum Gasteiger partial charge on any atom is -0.296 e. The van der Waals surface area contributed by atoms with E-state index in [0.29, 0.717) is 11.8 Å². The summed E-state index contributed by atoms with van der Waals surface area (Å²) in [5.74, 6) is 0. The van der Waals surface area contributed by atoms with Gasteiger partial charge in [-0.2, -0.15) is 8.78 Å². The zero-order valence-corrected chi connectivity index (χ0v) is 7.48. The van der Waals surface area contributed by atoms with Gasteiger partial charge < -0.3 is 0 Å². The number of aromatic nitrogens is 1. The zero-order chi connectivity index (χ0) is 10.1. The van der Waals surface area contributed by atoms with Crippen LogP contribution in [-0.2, 0) is 5.38 Å². The molecule has 0 unspecified atom stereocenters. The number of carbonyl (C=O) groups excluding carboxylic acids is 1. The van der Waals surface area contributed by atoms with Gasteiger partial charge in [0.1, 0.15) is 11.4 Å². The van der Waals surface area contributed by atoms with Gasteiger partial charge in [0, 0.05) is 0 Å². The normalized spacial score (nSPS) is 11.4. The third-order valence-corrected chi connectivity index (χ3v) is 1.59. The van der Waals surface area contributed by atoms with Crippen molar-refractivity contribution in [3.05, 3.63) is 29.1 Å². The largest absolute Gasteiger partial charge is 0.364 e. The quantitative estimate of drug-likeness (QED) is 0.549. The van der Waals surface area contributed by atoms with Crippen LogP contribution < -0.4 is 0 Å². The molecule has 0 amide bonds. The van der Waals surface area contributed by atoms with E-state index < -0.39 is 11.1 Å². The molecule has 0 saturated heterocycles. The first kappa shape index (κ1) is 10.1. The number of halogens is 3. The Balaban J connectivity index is 3.24. The lowest BCUT2D eigenvalue weighted by Gasteiger charge is -2.07. The molecule has 0 saturated carbocycles. The Morgan fingerprint density at radius 1 is 1.54 bits per heavy atom. The average Bonchev–Trinajstić information content (AvgIpc) is 2.01. The Labute approximate surface area is 78.5 Å². The van der Waals surface area contributed by atoms with Crippen LogP contribution in [0.1, 0.15) is 21.7 Å². The lowest BCUT2D eigenvalue weighted by molar-refractivity contribution is 0.0895. The molecule has 13 heavy (non-hydrogen) atoms. The van der Waals surface area contributed by atoms with E-state index in [9.17, 15) is 13.6 Å². The van der Waals surface area contributed by atoms with Crippen LogP contribution in [0, 0.1) is 6.92 Å². The molecule has 0 N–H and O–H groups in total. The minimum atomic E-state index is -3.52. The van der Waals surface area contributed by atoms with Gasteiger partial charge in [-0.05, 0) is 36.2 Å². The lowest BCUT2D eigenvalue weighted by Crippen LogP contribution is -2.08. The number of pyridine rings is 1. The lowest BCUT2D eigenvalue weighted by atomic mass is 10.2. The summed E-state index contributed by atoms with van der Waals surface area (Å²) in [5, 5.41) is -3.52. The second kappa shape index (κ2) is 3.38. The number of hydrogen-bond acceptors (Lipinski definition) is 2. The molecule has 1 heterocycles. The summed E-state index contributed by atoms with van der Waals surface area (Å²) in [7, 11) is 0. The number of rotatable bonds is 2. The molecular formula is C8H6ClF2NO. The van der Waals surface area contributed by atoms with Crippen LogP contribution >= 0.6 is 11.6 Å². The highest BCUT2D eigenvalue weighted by atomic mass is 35.5. The van der Waals surface area contributed by atoms with Crippen molar-refractivity contribution in [3.8, 4) is 0 Å². The van der Waals surface area contributed by atoms with E-state index in [-0.39, 0.29) is 5.69 Å². The SMILES string of the molecule is Cc1cc(C=O)nc(C(F)(F)Cl)c1. The Hall–Kier alpha value is -1.03. The molecule has 70 valence electrons. The maximum Gasteiger partial charge on any atom is 0.364 e. The molecule has 0 aliphatic rings. The number of aldehydes is 1. The number of nitrogens with zero attached hydrogens (tertiary/aromatic N) is 1. The van der Waals surface area contributed by atoms with Crippen molar-refractivity contribution < 1.29 is 13.6 Å². The molecule has 2 nitrogen and oxygen atoms in total. The van der Waals surface area contributed by atoms with Crippen molar-refractivity contribution in [3.63, 3.8) is 0 Å². The van der Waals surface area contributed by atoms with Gasteiger partial charge in [-0.3, -0.25) is 4.79 Å². The molecule has 1 rings (SSSR count). The van der Waals surface area contributed by atoms with E-state index in [2.05, 4.69) is 4.98 Å². The van der Waals surface area contributed by atoms with Gasteiger partial charge >= 0.3 is 5.38 Å². The Kier molecular flexibility index (Phi) is 2.61. The minimum absolute atomic E-state index is 0.0460. The summed E-state index contributed by atoms with van der Waals surface area (Å²) >= 11 is 4.75. The maximum absolute atomic E-state index is 12.5. The van der Waals surface area contributed by atoms with Crippen molar-refractivity contribution in [1.82, 2.24) is 4.98 Å². The van der Waals surface area contributed by atoms with E-state index in [4.69, 9.17) is 11.6 Å². The first-order chi connectivity index (χ1) is 5.93. The van der Waals surface area contributed by atoms with Crippen LogP contribution in [-0.4, -0.2) is 11.3 Å². The number of alkyl halides is 3. The van der Waals surface area contributed by atoms with Crippen molar-refractivity contribution in [2.24, 2.45) is 0 Å². The highest BCUT2D eigenvalue weighted by Gasteiger charge is 2.30. The van der Waals surface area contributed by atoms with Gasteiger partial charge in [-0.15, -0.1) is 0 Å². The first-order valence-electron chi connectivity index (χ1n) is 3.44. The second-order valence-electron chi connectivity index (χ2n) is 2.57. The van der Waals surface area contributed by atoms with Gasteiger partial charge in [-0.25, -0.2) is 4.98 Å². The van der Waals surface area contributed by atoms with E-state index in [1.807, 2.05) is 0 Å². The Morgan fingerprint density at radius 3 is 2.62 bits per heavy atom. The summed E-state index contributed by atoms with van der Waals surface area (Å²) in [6, 6.07) is 2.54. The molecule has 1 aromatic heterocycles. The van der Waals surface area contributed by atoms with Crippen LogP contribution in [0.25, 0.3) is 0 Å². The summed E-state index contributed by atoms with van der Waals surface area (Å²) in [6.45, 7) is 1.58. The maximum atomic E-state index is 12.5. The second-order valence-corrected chi connectivity index (χ2v) is 3.04. The molecule has 0 bridgehead atoms. The molecule has 0 aliphatic carbocycles. The van der Waals surface area contributed by atoms with E-state index >= 15 is 0 Å². The monoisotopic (exact) mass is 205 g/mol. The molecule has 5 heteroatoms. The highest BCUT2D eigenvalue weighted by molar-refractivity contribution is 6.21. The number of carbonyl (C=O) groups is 1. The number of aryl methyl sites for hydroxylation is 1. The van der Waals surface area contributed by atoms with Crippen LogP contribution in [0.5, 0.6) is 0 Å². The molecule has 1 aromatic rings. The summed E-state index contributed by atoms with van der Waals surface area (Å²) in [5.41, 5.74) is -0.126. The molecule has 0 atom stereocenters. The Morgan fingerprint density at radius 2 is 2.15 bits per heavy atom. The predicted molar refractivity (Wildman–Crippen MR) is 44.1 cm³/mol. The molecule has 0 radical (unpaired) electrons.